The summed E-state index contributed by atoms with van der Waals surface area (Å²) in [6.07, 6.45) is 3.56. The minimum Gasteiger partial charge on any atom is -0.384 e. The lowest BCUT2D eigenvalue weighted by molar-refractivity contribution is 0.0543. The quantitative estimate of drug-likeness (QED) is 0.888. The van der Waals surface area contributed by atoms with Gasteiger partial charge in [-0.2, -0.15) is 5.10 Å². The normalized spacial score (nSPS) is 15.7. The Morgan fingerprint density at radius 3 is 2.43 bits per heavy atom. The first kappa shape index (κ1) is 15.7. The van der Waals surface area contributed by atoms with Crippen LogP contribution in [0.4, 0.5) is 0 Å². The van der Waals surface area contributed by atoms with E-state index in [1.54, 1.807) is 10.9 Å². The predicted molar refractivity (Wildman–Crippen MR) is 85.1 cm³/mol. The molecule has 21 heavy (non-hydrogen) atoms. The summed E-state index contributed by atoms with van der Waals surface area (Å²) >= 11 is 0. The van der Waals surface area contributed by atoms with E-state index in [0.29, 0.717) is 6.54 Å². The highest BCUT2D eigenvalue weighted by molar-refractivity contribution is 5.30. The van der Waals surface area contributed by atoms with Crippen LogP contribution in [0.15, 0.2) is 30.6 Å². The topological polar surface area (TPSA) is 50.1 Å². The van der Waals surface area contributed by atoms with Crippen LogP contribution in [-0.2, 0) is 12.6 Å². The molecule has 4 nitrogen and oxygen atoms in total. The second-order valence-electron chi connectivity index (χ2n) is 6.20. The van der Waals surface area contributed by atoms with E-state index in [1.165, 1.54) is 16.7 Å². The molecule has 2 atom stereocenters. The Morgan fingerprint density at radius 1 is 1.29 bits per heavy atom. The summed E-state index contributed by atoms with van der Waals surface area (Å²) in [6.45, 7) is 8.62. The highest BCUT2D eigenvalue weighted by atomic mass is 16.3. The summed E-state index contributed by atoms with van der Waals surface area (Å²) in [7, 11) is 1.85. The summed E-state index contributed by atoms with van der Waals surface area (Å²) in [5.74, 6) is 0. The summed E-state index contributed by atoms with van der Waals surface area (Å²) in [6, 6.07) is 6.72. The largest absolute Gasteiger partial charge is 0.384 e. The molecule has 2 N–H and O–H groups in total. The number of hydrogen-bond acceptors (Lipinski definition) is 3. The first-order chi connectivity index (χ1) is 9.78. The maximum atomic E-state index is 10.6. The molecule has 0 fully saturated rings. The van der Waals surface area contributed by atoms with Crippen LogP contribution >= 0.6 is 0 Å². The fourth-order valence-electron chi connectivity index (χ4n) is 2.53. The van der Waals surface area contributed by atoms with Crippen molar-refractivity contribution in [2.45, 2.75) is 39.3 Å². The minimum atomic E-state index is -0.929. The zero-order valence-electron chi connectivity index (χ0n) is 13.5. The molecule has 2 rings (SSSR count). The third-order valence-electron chi connectivity index (χ3n) is 3.82. The second-order valence-corrected chi connectivity index (χ2v) is 6.20. The fourth-order valence-corrected chi connectivity index (χ4v) is 2.53. The van der Waals surface area contributed by atoms with Crippen LogP contribution in [0.25, 0.3) is 0 Å². The van der Waals surface area contributed by atoms with Gasteiger partial charge in [0.2, 0.25) is 0 Å². The third-order valence-corrected chi connectivity index (χ3v) is 3.82. The third kappa shape index (κ3) is 3.93. The molecule has 114 valence electrons. The number of benzene rings is 1. The molecule has 0 saturated heterocycles. The van der Waals surface area contributed by atoms with Crippen LogP contribution in [0, 0.1) is 13.8 Å². The molecule has 0 spiro atoms. The molecule has 0 amide bonds. The highest BCUT2D eigenvalue weighted by Gasteiger charge is 2.25. The molecule has 0 bridgehead atoms. The summed E-state index contributed by atoms with van der Waals surface area (Å²) in [5, 5.41) is 18.1. The predicted octanol–water partition coefficient (Wildman–Crippen LogP) is 2.60. The Morgan fingerprint density at radius 2 is 1.90 bits per heavy atom. The summed E-state index contributed by atoms with van der Waals surface area (Å²) in [5.41, 5.74) is 3.66. The minimum absolute atomic E-state index is 0.187. The molecule has 0 saturated carbocycles. The lowest BCUT2D eigenvalue weighted by Crippen LogP contribution is -2.36. The van der Waals surface area contributed by atoms with Gasteiger partial charge in [0, 0.05) is 31.4 Å². The molecule has 0 aliphatic rings. The number of rotatable bonds is 5. The van der Waals surface area contributed by atoms with Gasteiger partial charge in [-0.15, -0.1) is 0 Å². The highest BCUT2D eigenvalue weighted by Crippen LogP contribution is 2.21. The molecule has 2 unspecified atom stereocenters. The fraction of sp³-hybridized carbons (Fsp3) is 0.471. The molecule has 1 aromatic heterocycles. The number of aryl methyl sites for hydroxylation is 3. The average molecular weight is 287 g/mol. The van der Waals surface area contributed by atoms with Gasteiger partial charge < -0.3 is 10.4 Å². The summed E-state index contributed by atoms with van der Waals surface area (Å²) in [4.78, 5) is 0. The average Bonchev–Trinajstić information content (AvgIpc) is 2.82. The monoisotopic (exact) mass is 287 g/mol. The van der Waals surface area contributed by atoms with E-state index in [0.717, 1.165) is 5.56 Å². The number of hydrogen-bond donors (Lipinski definition) is 2. The van der Waals surface area contributed by atoms with Crippen LogP contribution < -0.4 is 5.32 Å². The molecule has 4 heteroatoms. The number of nitrogens with zero attached hydrogens (tertiary/aromatic N) is 2. The van der Waals surface area contributed by atoms with Crippen LogP contribution in [0.2, 0.25) is 0 Å². The van der Waals surface area contributed by atoms with Gasteiger partial charge in [0.15, 0.2) is 0 Å². The Labute approximate surface area is 126 Å². The Kier molecular flexibility index (Phi) is 4.49. The van der Waals surface area contributed by atoms with Crippen molar-refractivity contribution in [3.63, 3.8) is 0 Å². The molecular formula is C17H25N3O. The van der Waals surface area contributed by atoms with Crippen molar-refractivity contribution in [1.82, 2.24) is 15.1 Å². The van der Waals surface area contributed by atoms with Crippen molar-refractivity contribution in [3.05, 3.63) is 52.8 Å². The van der Waals surface area contributed by atoms with Crippen molar-refractivity contribution in [2.24, 2.45) is 7.05 Å². The smallest absolute Gasteiger partial charge is 0.102 e. The lowest BCUT2D eigenvalue weighted by Gasteiger charge is -2.25. The van der Waals surface area contributed by atoms with Gasteiger partial charge in [-0.25, -0.2) is 0 Å². The number of nitrogens with one attached hydrogen (secondary N) is 1. The van der Waals surface area contributed by atoms with E-state index in [1.807, 2.05) is 20.2 Å². The van der Waals surface area contributed by atoms with E-state index in [9.17, 15) is 5.11 Å². The standard InChI is InChI=1S/C17H25N3O/c1-12-6-13(2)8-15(7-12)14(3)18-11-17(4,21)16-9-19-20(5)10-16/h6-10,14,18,21H,11H2,1-5H3. The van der Waals surface area contributed by atoms with Gasteiger partial charge in [-0.05, 0) is 33.3 Å². The van der Waals surface area contributed by atoms with Crippen molar-refractivity contribution >= 4 is 0 Å². The molecular weight excluding hydrogens is 262 g/mol. The maximum absolute atomic E-state index is 10.6. The van der Waals surface area contributed by atoms with Crippen LogP contribution in [-0.4, -0.2) is 21.4 Å². The molecule has 0 radical (unpaired) electrons. The molecule has 0 aliphatic heterocycles. The van der Waals surface area contributed by atoms with Gasteiger partial charge in [-0.3, -0.25) is 4.68 Å². The van der Waals surface area contributed by atoms with Gasteiger partial charge in [-0.1, -0.05) is 29.3 Å². The van der Waals surface area contributed by atoms with Gasteiger partial charge in [0.05, 0.1) is 6.20 Å². The second kappa shape index (κ2) is 6.00. The number of aliphatic hydroxyl groups is 1. The van der Waals surface area contributed by atoms with Crippen LogP contribution in [0.5, 0.6) is 0 Å². The van der Waals surface area contributed by atoms with Crippen molar-refractivity contribution < 1.29 is 5.11 Å². The van der Waals surface area contributed by atoms with E-state index >= 15 is 0 Å². The zero-order chi connectivity index (χ0) is 15.6. The van der Waals surface area contributed by atoms with E-state index in [2.05, 4.69) is 49.4 Å². The SMILES string of the molecule is Cc1cc(C)cc(C(C)NCC(C)(O)c2cnn(C)c2)c1. The van der Waals surface area contributed by atoms with Crippen molar-refractivity contribution in [2.75, 3.05) is 6.54 Å². The summed E-state index contributed by atoms with van der Waals surface area (Å²) < 4.78 is 1.71. The Bertz CT molecular complexity index is 596. The zero-order valence-corrected chi connectivity index (χ0v) is 13.5. The van der Waals surface area contributed by atoms with Crippen LogP contribution in [0.3, 0.4) is 0 Å². The first-order valence-corrected chi connectivity index (χ1v) is 7.31. The van der Waals surface area contributed by atoms with E-state index in [-0.39, 0.29) is 6.04 Å². The Balaban J connectivity index is 2.04. The van der Waals surface area contributed by atoms with E-state index in [4.69, 9.17) is 0 Å². The lowest BCUT2D eigenvalue weighted by atomic mass is 9.97. The van der Waals surface area contributed by atoms with Gasteiger partial charge in [0.1, 0.15) is 5.60 Å². The molecule has 0 aliphatic carbocycles. The Hall–Kier alpha value is -1.65. The van der Waals surface area contributed by atoms with Crippen molar-refractivity contribution in [1.29, 1.82) is 0 Å². The van der Waals surface area contributed by atoms with Gasteiger partial charge in [0.25, 0.3) is 0 Å². The maximum Gasteiger partial charge on any atom is 0.102 e. The van der Waals surface area contributed by atoms with Crippen LogP contribution in [0.1, 0.15) is 42.1 Å². The molecule has 2 aromatic rings. The molecule has 1 heterocycles. The number of aromatic nitrogens is 2. The molecule has 1 aromatic carbocycles. The van der Waals surface area contributed by atoms with E-state index < -0.39 is 5.60 Å². The van der Waals surface area contributed by atoms with Gasteiger partial charge >= 0.3 is 0 Å². The first-order valence-electron chi connectivity index (χ1n) is 7.31. The van der Waals surface area contributed by atoms with Crippen molar-refractivity contribution in [3.8, 4) is 0 Å².